The fourth-order valence-electron chi connectivity index (χ4n) is 6.50. The van der Waals surface area contributed by atoms with Crippen molar-refractivity contribution in [2.75, 3.05) is 45.8 Å². The highest BCUT2D eigenvalue weighted by Gasteiger charge is 2.32. The number of rotatable bonds is 6. The summed E-state index contributed by atoms with van der Waals surface area (Å²) < 4.78 is 1.82. The van der Waals surface area contributed by atoms with Crippen LogP contribution in [0.15, 0.2) is 52.5 Å². The van der Waals surface area contributed by atoms with E-state index < -0.39 is 0 Å². The van der Waals surface area contributed by atoms with Gasteiger partial charge in [-0.1, -0.05) is 38.5 Å². The van der Waals surface area contributed by atoms with E-state index >= 15 is 0 Å². The van der Waals surface area contributed by atoms with Crippen molar-refractivity contribution in [1.82, 2.24) is 19.3 Å². The van der Waals surface area contributed by atoms with Gasteiger partial charge in [0.05, 0.1) is 6.54 Å². The maximum absolute atomic E-state index is 13.1. The zero-order valence-corrected chi connectivity index (χ0v) is 22.1. The van der Waals surface area contributed by atoms with Crippen LogP contribution in [0.25, 0.3) is 5.57 Å². The zero-order chi connectivity index (χ0) is 25.1. The number of aromatic nitrogens is 1. The zero-order valence-electron chi connectivity index (χ0n) is 22.1. The maximum atomic E-state index is 13.1. The van der Waals surface area contributed by atoms with Crippen LogP contribution in [0.4, 0.5) is 0 Å². The van der Waals surface area contributed by atoms with Crippen LogP contribution in [0, 0.1) is 5.92 Å². The Morgan fingerprint density at radius 1 is 1.00 bits per heavy atom. The molecule has 2 saturated heterocycles. The SMILES string of the molecule is CCCn1cc(C2=CC=C3CN(CC(=O)N4CCN(C5CCCC5C)CC4)CCC3=CC2)ccc1=O. The van der Waals surface area contributed by atoms with Gasteiger partial charge < -0.3 is 9.47 Å². The number of hydrogen-bond acceptors (Lipinski definition) is 4. The van der Waals surface area contributed by atoms with E-state index in [0.717, 1.165) is 82.6 Å². The molecule has 2 aliphatic heterocycles. The lowest BCUT2D eigenvalue weighted by atomic mass is 9.97. The summed E-state index contributed by atoms with van der Waals surface area (Å²) in [6.07, 6.45) is 15.6. The van der Waals surface area contributed by atoms with Crippen molar-refractivity contribution in [1.29, 1.82) is 0 Å². The third-order valence-corrected chi connectivity index (χ3v) is 8.69. The van der Waals surface area contributed by atoms with E-state index in [1.807, 2.05) is 16.8 Å². The lowest BCUT2D eigenvalue weighted by molar-refractivity contribution is -0.134. The molecular formula is C30H42N4O2. The molecule has 5 rings (SSSR count). The van der Waals surface area contributed by atoms with Gasteiger partial charge in [0.2, 0.25) is 5.91 Å². The molecule has 0 N–H and O–H groups in total. The molecule has 1 aromatic rings. The van der Waals surface area contributed by atoms with Gasteiger partial charge in [-0.25, -0.2) is 0 Å². The van der Waals surface area contributed by atoms with Crippen LogP contribution in [0.3, 0.4) is 0 Å². The average Bonchev–Trinajstić information content (AvgIpc) is 3.20. The van der Waals surface area contributed by atoms with Gasteiger partial charge in [-0.15, -0.1) is 0 Å². The van der Waals surface area contributed by atoms with E-state index in [0.29, 0.717) is 6.54 Å². The molecule has 1 aromatic heterocycles. The third-order valence-electron chi connectivity index (χ3n) is 8.69. The molecule has 36 heavy (non-hydrogen) atoms. The quantitative estimate of drug-likeness (QED) is 0.606. The Labute approximate surface area is 215 Å². The molecule has 2 unspecified atom stereocenters. The van der Waals surface area contributed by atoms with E-state index in [1.54, 1.807) is 6.07 Å². The summed E-state index contributed by atoms with van der Waals surface area (Å²) >= 11 is 0. The number of pyridine rings is 1. The summed E-state index contributed by atoms with van der Waals surface area (Å²) in [5.74, 6) is 1.08. The molecule has 2 atom stereocenters. The minimum Gasteiger partial charge on any atom is -0.339 e. The Morgan fingerprint density at radius 3 is 2.56 bits per heavy atom. The van der Waals surface area contributed by atoms with Crippen LogP contribution in [0.1, 0.15) is 57.9 Å². The first-order chi connectivity index (χ1) is 17.5. The number of carbonyl (C=O) groups is 1. The van der Waals surface area contributed by atoms with E-state index in [2.05, 4.69) is 46.8 Å². The van der Waals surface area contributed by atoms with E-state index in [9.17, 15) is 9.59 Å². The highest BCUT2D eigenvalue weighted by molar-refractivity contribution is 5.78. The van der Waals surface area contributed by atoms with Crippen LogP contribution in [0.5, 0.6) is 0 Å². The lowest BCUT2D eigenvalue weighted by Crippen LogP contribution is -2.54. The predicted octanol–water partition coefficient (Wildman–Crippen LogP) is 3.94. The summed E-state index contributed by atoms with van der Waals surface area (Å²) in [7, 11) is 0. The Balaban J connectivity index is 1.18. The van der Waals surface area contributed by atoms with Crippen molar-refractivity contribution < 1.29 is 4.79 Å². The highest BCUT2D eigenvalue weighted by atomic mass is 16.2. The second-order valence-electron chi connectivity index (χ2n) is 11.1. The van der Waals surface area contributed by atoms with Crippen LogP contribution in [0.2, 0.25) is 0 Å². The number of piperidine rings is 1. The first-order valence-electron chi connectivity index (χ1n) is 14.1. The number of piperazine rings is 1. The molecule has 0 spiro atoms. The number of aryl methyl sites for hydroxylation is 1. The molecule has 1 amide bonds. The minimum atomic E-state index is 0.0648. The smallest absolute Gasteiger partial charge is 0.250 e. The van der Waals surface area contributed by atoms with E-state index in [1.165, 1.54) is 36.0 Å². The summed E-state index contributed by atoms with van der Waals surface area (Å²) in [6.45, 7) is 11.3. The third kappa shape index (κ3) is 5.60. The number of fused-ring (bicyclic) bond motifs is 1. The highest BCUT2D eigenvalue weighted by Crippen LogP contribution is 2.31. The number of amides is 1. The number of hydrogen-bond donors (Lipinski definition) is 0. The maximum Gasteiger partial charge on any atom is 0.250 e. The van der Waals surface area contributed by atoms with Crippen molar-refractivity contribution >= 4 is 11.5 Å². The van der Waals surface area contributed by atoms with Crippen molar-refractivity contribution in [3.05, 3.63) is 63.6 Å². The van der Waals surface area contributed by atoms with Gasteiger partial charge in [0, 0.05) is 64.1 Å². The second kappa shape index (κ2) is 11.3. The average molecular weight is 491 g/mol. The van der Waals surface area contributed by atoms with Gasteiger partial charge in [0.1, 0.15) is 0 Å². The van der Waals surface area contributed by atoms with Gasteiger partial charge in [-0.2, -0.15) is 0 Å². The monoisotopic (exact) mass is 490 g/mol. The molecule has 6 heteroatoms. The summed E-state index contributed by atoms with van der Waals surface area (Å²) in [5, 5.41) is 0. The Hall–Kier alpha value is -2.44. The van der Waals surface area contributed by atoms with Gasteiger partial charge >= 0.3 is 0 Å². The minimum absolute atomic E-state index is 0.0648. The molecule has 0 radical (unpaired) electrons. The van der Waals surface area contributed by atoms with E-state index in [4.69, 9.17) is 0 Å². The van der Waals surface area contributed by atoms with Gasteiger partial charge in [-0.3, -0.25) is 19.4 Å². The first-order valence-corrected chi connectivity index (χ1v) is 14.1. The van der Waals surface area contributed by atoms with Crippen LogP contribution in [-0.4, -0.2) is 77.0 Å². The predicted molar refractivity (Wildman–Crippen MR) is 146 cm³/mol. The van der Waals surface area contributed by atoms with Gasteiger partial charge in [0.15, 0.2) is 0 Å². The summed E-state index contributed by atoms with van der Waals surface area (Å²) in [6, 6.07) is 4.36. The molecule has 2 aliphatic carbocycles. The lowest BCUT2D eigenvalue weighted by Gasteiger charge is -2.40. The molecule has 1 saturated carbocycles. The van der Waals surface area contributed by atoms with Crippen LogP contribution >= 0.6 is 0 Å². The fourth-order valence-corrected chi connectivity index (χ4v) is 6.50. The molecule has 0 bridgehead atoms. The normalized spacial score (nSPS) is 25.6. The topological polar surface area (TPSA) is 48.8 Å². The molecule has 0 aromatic carbocycles. The largest absolute Gasteiger partial charge is 0.339 e. The second-order valence-corrected chi connectivity index (χ2v) is 11.1. The van der Waals surface area contributed by atoms with E-state index in [-0.39, 0.29) is 11.5 Å². The van der Waals surface area contributed by atoms with Gasteiger partial charge in [0.25, 0.3) is 5.56 Å². The van der Waals surface area contributed by atoms with Crippen LogP contribution < -0.4 is 5.56 Å². The molecule has 3 fully saturated rings. The standard InChI is InChI=1S/C30H42N4O2/c1-3-14-34-21-27(11-12-29(34)35)24-7-8-25-13-15-31(20-26(25)10-9-24)22-30(36)33-18-16-32(17-19-33)28-6-4-5-23(28)2/h8-12,21,23,28H,3-7,13-20,22H2,1-2H3. The van der Waals surface area contributed by atoms with Crippen molar-refractivity contribution in [3.8, 4) is 0 Å². The molecule has 194 valence electrons. The molecular weight excluding hydrogens is 448 g/mol. The Morgan fingerprint density at radius 2 is 1.81 bits per heavy atom. The Kier molecular flexibility index (Phi) is 7.92. The summed E-state index contributed by atoms with van der Waals surface area (Å²) in [5.41, 5.74) is 5.16. The van der Waals surface area contributed by atoms with Crippen molar-refractivity contribution in [2.45, 2.75) is 65.0 Å². The van der Waals surface area contributed by atoms with Crippen molar-refractivity contribution in [2.24, 2.45) is 5.92 Å². The van der Waals surface area contributed by atoms with Crippen LogP contribution in [-0.2, 0) is 11.3 Å². The van der Waals surface area contributed by atoms with Gasteiger partial charge in [-0.05, 0) is 66.4 Å². The number of allylic oxidation sites excluding steroid dienone is 4. The number of nitrogens with zero attached hydrogens (tertiary/aromatic N) is 4. The molecule has 3 heterocycles. The number of likely N-dealkylation sites (tertiary alicyclic amines) is 1. The van der Waals surface area contributed by atoms with Crippen molar-refractivity contribution in [3.63, 3.8) is 0 Å². The Bertz CT molecular complexity index is 1110. The molecule has 4 aliphatic rings. The fraction of sp³-hybridized carbons (Fsp3) is 0.600. The summed E-state index contributed by atoms with van der Waals surface area (Å²) in [4.78, 5) is 32.3. The molecule has 6 nitrogen and oxygen atoms in total. The first kappa shape index (κ1) is 25.2. The number of carbonyl (C=O) groups excluding carboxylic acids is 1.